The maximum Gasteiger partial charge on any atom is 0.244 e. The van der Waals surface area contributed by atoms with Crippen molar-refractivity contribution in [3.63, 3.8) is 0 Å². The first-order valence-corrected chi connectivity index (χ1v) is 7.08. The topological polar surface area (TPSA) is 58.2 Å². The Morgan fingerprint density at radius 2 is 1.56 bits per heavy atom. The quantitative estimate of drug-likeness (QED) is 0.825. The summed E-state index contributed by atoms with van der Waals surface area (Å²) in [7, 11) is -3.45. The Labute approximate surface area is 106 Å². The first-order valence-electron chi connectivity index (χ1n) is 5.60. The highest BCUT2D eigenvalue weighted by Crippen LogP contribution is 2.30. The molecule has 0 saturated carbocycles. The van der Waals surface area contributed by atoms with E-state index in [0.29, 0.717) is 5.69 Å². The number of hydrogen-bond acceptors (Lipinski definition) is 3. The number of rotatable bonds is 1. The highest BCUT2D eigenvalue weighted by molar-refractivity contribution is 7.89. The highest BCUT2D eigenvalue weighted by Gasteiger charge is 2.29. The Balaban J connectivity index is 2.06. The van der Waals surface area contributed by atoms with E-state index in [1.807, 2.05) is 36.4 Å². The number of hydrogen-bond donors (Lipinski definition) is 2. The van der Waals surface area contributed by atoms with E-state index in [2.05, 4.69) is 10.0 Å². The first kappa shape index (κ1) is 11.3. The van der Waals surface area contributed by atoms with Gasteiger partial charge >= 0.3 is 0 Å². The second kappa shape index (κ2) is 4.12. The lowest BCUT2D eigenvalue weighted by molar-refractivity contribution is 0.562. The summed E-state index contributed by atoms with van der Waals surface area (Å²) in [5.41, 5.74) is 1.51. The van der Waals surface area contributed by atoms with Crippen LogP contribution >= 0.6 is 0 Å². The van der Waals surface area contributed by atoms with Gasteiger partial charge < -0.3 is 5.32 Å². The molecule has 0 saturated heterocycles. The third-order valence-corrected chi connectivity index (χ3v) is 4.36. The van der Waals surface area contributed by atoms with E-state index in [4.69, 9.17) is 0 Å². The van der Waals surface area contributed by atoms with Crippen LogP contribution in [0.1, 0.15) is 11.7 Å². The molecule has 0 bridgehead atoms. The molecule has 1 aliphatic heterocycles. The molecule has 0 amide bonds. The zero-order chi connectivity index (χ0) is 12.6. The van der Waals surface area contributed by atoms with Crippen molar-refractivity contribution in [2.75, 3.05) is 5.32 Å². The molecular formula is C13H12N2O2S. The van der Waals surface area contributed by atoms with Gasteiger partial charge in [0.2, 0.25) is 10.0 Å². The highest BCUT2D eigenvalue weighted by atomic mass is 32.2. The van der Waals surface area contributed by atoms with Gasteiger partial charge in [-0.25, -0.2) is 8.42 Å². The van der Waals surface area contributed by atoms with E-state index in [-0.39, 0.29) is 4.90 Å². The van der Waals surface area contributed by atoms with Crippen LogP contribution in [0.5, 0.6) is 0 Å². The molecule has 1 heterocycles. The Bertz CT molecular complexity index is 668. The Morgan fingerprint density at radius 1 is 0.889 bits per heavy atom. The molecule has 0 unspecified atom stereocenters. The van der Waals surface area contributed by atoms with Crippen LogP contribution in [-0.2, 0) is 10.0 Å². The minimum atomic E-state index is -3.45. The van der Waals surface area contributed by atoms with Gasteiger partial charge in [-0.2, -0.15) is 4.72 Å². The van der Waals surface area contributed by atoms with E-state index < -0.39 is 16.2 Å². The lowest BCUT2D eigenvalue weighted by atomic mass is 10.1. The summed E-state index contributed by atoms with van der Waals surface area (Å²) in [4.78, 5) is 0.289. The van der Waals surface area contributed by atoms with E-state index >= 15 is 0 Å². The molecule has 18 heavy (non-hydrogen) atoms. The molecule has 1 aliphatic rings. The van der Waals surface area contributed by atoms with Crippen LogP contribution in [0.3, 0.4) is 0 Å². The molecule has 2 aromatic carbocycles. The molecule has 0 spiro atoms. The zero-order valence-corrected chi connectivity index (χ0v) is 10.3. The fourth-order valence-electron chi connectivity index (χ4n) is 2.02. The number of fused-ring (bicyclic) bond motifs is 1. The third kappa shape index (κ3) is 1.87. The van der Waals surface area contributed by atoms with Gasteiger partial charge in [0.1, 0.15) is 11.1 Å². The molecule has 2 aromatic rings. The van der Waals surface area contributed by atoms with Gasteiger partial charge in [-0.15, -0.1) is 0 Å². The average Bonchev–Trinajstić information content (AvgIpc) is 2.39. The van der Waals surface area contributed by atoms with Crippen LogP contribution in [0.4, 0.5) is 5.69 Å². The van der Waals surface area contributed by atoms with Gasteiger partial charge in [-0.05, 0) is 17.7 Å². The zero-order valence-electron chi connectivity index (χ0n) is 9.50. The summed E-state index contributed by atoms with van der Waals surface area (Å²) >= 11 is 0. The van der Waals surface area contributed by atoms with Gasteiger partial charge in [0.25, 0.3) is 0 Å². The van der Waals surface area contributed by atoms with Crippen LogP contribution in [-0.4, -0.2) is 8.42 Å². The molecule has 0 fully saturated rings. The molecule has 0 radical (unpaired) electrons. The van der Waals surface area contributed by atoms with Crippen molar-refractivity contribution in [2.45, 2.75) is 11.1 Å². The van der Waals surface area contributed by atoms with E-state index in [1.54, 1.807) is 18.2 Å². The smallest absolute Gasteiger partial charge is 0.244 e. The van der Waals surface area contributed by atoms with E-state index in [1.165, 1.54) is 0 Å². The summed E-state index contributed by atoms with van der Waals surface area (Å²) in [6.07, 6.45) is -0.425. The number of nitrogens with one attached hydrogen (secondary N) is 2. The van der Waals surface area contributed by atoms with Crippen molar-refractivity contribution >= 4 is 15.7 Å². The van der Waals surface area contributed by atoms with Crippen LogP contribution < -0.4 is 10.0 Å². The van der Waals surface area contributed by atoms with Crippen molar-refractivity contribution in [2.24, 2.45) is 0 Å². The fraction of sp³-hybridized carbons (Fsp3) is 0.0769. The monoisotopic (exact) mass is 260 g/mol. The van der Waals surface area contributed by atoms with Gasteiger partial charge in [-0.1, -0.05) is 42.5 Å². The number of para-hydroxylation sites is 1. The molecule has 3 rings (SSSR count). The lowest BCUT2D eigenvalue weighted by Crippen LogP contribution is -2.38. The summed E-state index contributed by atoms with van der Waals surface area (Å²) < 4.78 is 26.8. The second-order valence-electron chi connectivity index (χ2n) is 4.11. The van der Waals surface area contributed by atoms with Crippen molar-refractivity contribution in [3.8, 4) is 0 Å². The van der Waals surface area contributed by atoms with Gasteiger partial charge in [0, 0.05) is 0 Å². The van der Waals surface area contributed by atoms with Crippen molar-refractivity contribution in [3.05, 3.63) is 60.2 Å². The molecule has 2 N–H and O–H groups in total. The van der Waals surface area contributed by atoms with Gasteiger partial charge in [0.05, 0.1) is 5.69 Å². The Kier molecular flexibility index (Phi) is 2.57. The van der Waals surface area contributed by atoms with Crippen LogP contribution in [0.25, 0.3) is 0 Å². The minimum absolute atomic E-state index is 0.289. The molecule has 4 nitrogen and oxygen atoms in total. The van der Waals surface area contributed by atoms with Crippen molar-refractivity contribution < 1.29 is 8.42 Å². The van der Waals surface area contributed by atoms with Crippen molar-refractivity contribution in [1.82, 2.24) is 4.72 Å². The standard InChI is InChI=1S/C13H12N2O2S/c16-18(17)12-9-5-4-8-11(12)14-13(15-18)10-6-2-1-3-7-10/h1-9,13-15H/t13-/m1/s1. The Hall–Kier alpha value is -1.85. The second-order valence-corrected chi connectivity index (χ2v) is 5.79. The maximum atomic E-state index is 12.1. The molecular weight excluding hydrogens is 248 g/mol. The SMILES string of the molecule is O=S1(=O)N[C@H](c2ccccc2)Nc2ccccc21. The summed E-state index contributed by atoms with van der Waals surface area (Å²) in [6, 6.07) is 16.3. The largest absolute Gasteiger partial charge is 0.364 e. The van der Waals surface area contributed by atoms with Crippen LogP contribution in [0, 0.1) is 0 Å². The summed E-state index contributed by atoms with van der Waals surface area (Å²) in [6.45, 7) is 0. The van der Waals surface area contributed by atoms with E-state index in [9.17, 15) is 8.42 Å². The number of anilines is 1. The average molecular weight is 260 g/mol. The third-order valence-electron chi connectivity index (χ3n) is 2.88. The summed E-state index contributed by atoms with van der Waals surface area (Å²) in [5, 5.41) is 3.18. The van der Waals surface area contributed by atoms with Crippen LogP contribution in [0.2, 0.25) is 0 Å². The number of sulfonamides is 1. The summed E-state index contributed by atoms with van der Waals surface area (Å²) in [5.74, 6) is 0. The number of benzene rings is 2. The van der Waals surface area contributed by atoms with E-state index in [0.717, 1.165) is 5.56 Å². The van der Waals surface area contributed by atoms with Gasteiger partial charge in [-0.3, -0.25) is 0 Å². The molecule has 5 heteroatoms. The Morgan fingerprint density at radius 3 is 2.33 bits per heavy atom. The van der Waals surface area contributed by atoms with Crippen LogP contribution in [0.15, 0.2) is 59.5 Å². The normalized spacial score (nSPS) is 20.8. The molecule has 92 valence electrons. The predicted octanol–water partition coefficient (Wildman–Crippen LogP) is 2.09. The fourth-order valence-corrected chi connectivity index (χ4v) is 3.33. The molecule has 1 atom stereocenters. The minimum Gasteiger partial charge on any atom is -0.364 e. The predicted molar refractivity (Wildman–Crippen MR) is 69.6 cm³/mol. The lowest BCUT2D eigenvalue weighted by Gasteiger charge is -2.28. The molecule has 0 aliphatic carbocycles. The first-order chi connectivity index (χ1) is 8.67. The van der Waals surface area contributed by atoms with Crippen molar-refractivity contribution in [1.29, 1.82) is 0 Å². The maximum absolute atomic E-state index is 12.1. The molecule has 0 aromatic heterocycles. The van der Waals surface area contributed by atoms with Gasteiger partial charge in [0.15, 0.2) is 0 Å².